The quantitative estimate of drug-likeness (QED) is 0.631. The van der Waals surface area contributed by atoms with Gasteiger partial charge in [0.05, 0.1) is 11.0 Å². The van der Waals surface area contributed by atoms with Crippen molar-refractivity contribution in [2.75, 3.05) is 5.32 Å². The van der Waals surface area contributed by atoms with Gasteiger partial charge in [0.15, 0.2) is 0 Å². The molecule has 1 unspecified atom stereocenters. The highest BCUT2D eigenvalue weighted by Crippen LogP contribution is 2.21. The third-order valence-corrected chi connectivity index (χ3v) is 2.49. The van der Waals surface area contributed by atoms with Crippen LogP contribution < -0.4 is 5.32 Å². The van der Waals surface area contributed by atoms with E-state index in [9.17, 15) is 10.1 Å². The molecule has 0 aliphatic heterocycles. The van der Waals surface area contributed by atoms with Gasteiger partial charge in [-0.2, -0.15) is 0 Å². The number of hydrogen-bond donors (Lipinski definition) is 1. The first kappa shape index (κ1) is 13.4. The molecule has 1 atom stereocenters. The summed E-state index contributed by atoms with van der Waals surface area (Å²) < 4.78 is 0. The van der Waals surface area contributed by atoms with E-state index in [-0.39, 0.29) is 16.7 Å². The summed E-state index contributed by atoms with van der Waals surface area (Å²) in [6, 6.07) is 1.75. The van der Waals surface area contributed by atoms with E-state index >= 15 is 0 Å². The second-order valence-electron chi connectivity index (χ2n) is 4.79. The zero-order valence-corrected chi connectivity index (χ0v) is 10.7. The van der Waals surface area contributed by atoms with Gasteiger partial charge in [0.1, 0.15) is 5.82 Å². The van der Waals surface area contributed by atoms with Crippen LogP contribution >= 0.6 is 0 Å². The molecule has 0 saturated carbocycles. The lowest BCUT2D eigenvalue weighted by Gasteiger charge is -2.16. The molecule has 17 heavy (non-hydrogen) atoms. The molecule has 0 fully saturated rings. The maximum Gasteiger partial charge on any atom is 0.277 e. The third-order valence-electron chi connectivity index (χ3n) is 2.49. The lowest BCUT2D eigenvalue weighted by molar-refractivity contribution is -0.385. The number of nitrogens with zero attached hydrogens (tertiary/aromatic N) is 2. The first-order valence-electron chi connectivity index (χ1n) is 5.77. The van der Waals surface area contributed by atoms with Crippen molar-refractivity contribution in [2.24, 2.45) is 5.92 Å². The van der Waals surface area contributed by atoms with Crippen LogP contribution in [-0.4, -0.2) is 15.9 Å². The van der Waals surface area contributed by atoms with Crippen LogP contribution in [0.15, 0.2) is 12.3 Å². The highest BCUT2D eigenvalue weighted by molar-refractivity contribution is 5.49. The van der Waals surface area contributed by atoms with Crippen molar-refractivity contribution in [3.05, 3.63) is 27.9 Å². The van der Waals surface area contributed by atoms with E-state index < -0.39 is 0 Å². The van der Waals surface area contributed by atoms with Gasteiger partial charge in [0.2, 0.25) is 0 Å². The molecule has 1 rings (SSSR count). The fraction of sp³-hybridized carbons (Fsp3) is 0.583. The molecule has 0 aliphatic carbocycles. The van der Waals surface area contributed by atoms with Gasteiger partial charge < -0.3 is 5.32 Å². The predicted molar refractivity (Wildman–Crippen MR) is 68.2 cm³/mol. The molecule has 1 aromatic heterocycles. The Morgan fingerprint density at radius 3 is 2.65 bits per heavy atom. The Balaban J connectivity index is 2.79. The molecular formula is C12H19N3O2. The second-order valence-corrected chi connectivity index (χ2v) is 4.79. The van der Waals surface area contributed by atoms with Crippen molar-refractivity contribution in [1.82, 2.24) is 4.98 Å². The van der Waals surface area contributed by atoms with Gasteiger partial charge in [-0.1, -0.05) is 13.8 Å². The number of nitro groups is 1. The molecule has 5 nitrogen and oxygen atoms in total. The SMILES string of the molecule is Cc1cnc(NC(C)CC(C)C)cc1[N+](=O)[O-]. The fourth-order valence-corrected chi connectivity index (χ4v) is 1.81. The standard InChI is InChI=1S/C12H19N3O2/c1-8(2)5-10(4)14-12-6-11(15(16)17)9(3)7-13-12/h6-8,10H,5H2,1-4H3,(H,13,14). The average Bonchev–Trinajstić information content (AvgIpc) is 2.19. The number of aryl methyl sites for hydroxylation is 1. The average molecular weight is 237 g/mol. The zero-order valence-electron chi connectivity index (χ0n) is 10.7. The highest BCUT2D eigenvalue weighted by Gasteiger charge is 2.13. The summed E-state index contributed by atoms with van der Waals surface area (Å²) in [6.07, 6.45) is 2.53. The highest BCUT2D eigenvalue weighted by atomic mass is 16.6. The van der Waals surface area contributed by atoms with Crippen molar-refractivity contribution in [3.63, 3.8) is 0 Å². The van der Waals surface area contributed by atoms with Gasteiger partial charge in [-0.15, -0.1) is 0 Å². The Labute approximate surface area is 101 Å². The van der Waals surface area contributed by atoms with Gasteiger partial charge in [-0.05, 0) is 26.2 Å². The Bertz CT molecular complexity index is 405. The fourth-order valence-electron chi connectivity index (χ4n) is 1.81. The van der Waals surface area contributed by atoms with Gasteiger partial charge in [0.25, 0.3) is 5.69 Å². The van der Waals surface area contributed by atoms with E-state index in [0.717, 1.165) is 6.42 Å². The number of pyridine rings is 1. The van der Waals surface area contributed by atoms with E-state index in [1.54, 1.807) is 6.92 Å². The Morgan fingerprint density at radius 2 is 2.12 bits per heavy atom. The first-order valence-corrected chi connectivity index (χ1v) is 5.77. The van der Waals surface area contributed by atoms with E-state index in [0.29, 0.717) is 17.3 Å². The minimum absolute atomic E-state index is 0.110. The molecule has 1 heterocycles. The summed E-state index contributed by atoms with van der Waals surface area (Å²) in [5, 5.41) is 14.0. The minimum Gasteiger partial charge on any atom is -0.367 e. The molecule has 0 aromatic carbocycles. The number of aromatic nitrogens is 1. The number of anilines is 1. The van der Waals surface area contributed by atoms with Crippen molar-refractivity contribution in [1.29, 1.82) is 0 Å². The topological polar surface area (TPSA) is 68.1 Å². The monoisotopic (exact) mass is 237 g/mol. The van der Waals surface area contributed by atoms with Gasteiger partial charge >= 0.3 is 0 Å². The third kappa shape index (κ3) is 4.01. The van der Waals surface area contributed by atoms with Crippen LogP contribution in [0, 0.1) is 23.0 Å². The minimum atomic E-state index is -0.380. The molecule has 1 aromatic rings. The van der Waals surface area contributed by atoms with Crippen molar-refractivity contribution < 1.29 is 4.92 Å². The first-order chi connectivity index (χ1) is 7.90. The summed E-state index contributed by atoms with van der Waals surface area (Å²) in [5.41, 5.74) is 0.691. The number of nitrogens with one attached hydrogen (secondary N) is 1. The van der Waals surface area contributed by atoms with Gasteiger partial charge in [0, 0.05) is 17.8 Å². The van der Waals surface area contributed by atoms with Gasteiger partial charge in [-0.3, -0.25) is 10.1 Å². The van der Waals surface area contributed by atoms with E-state index in [1.807, 2.05) is 6.92 Å². The lowest BCUT2D eigenvalue weighted by Crippen LogP contribution is -2.18. The zero-order chi connectivity index (χ0) is 13.0. The number of hydrogen-bond acceptors (Lipinski definition) is 4. The van der Waals surface area contributed by atoms with E-state index in [2.05, 4.69) is 24.1 Å². The Kier molecular flexibility index (Phi) is 4.43. The van der Waals surface area contributed by atoms with Crippen LogP contribution in [-0.2, 0) is 0 Å². The van der Waals surface area contributed by atoms with Gasteiger partial charge in [-0.25, -0.2) is 4.98 Å². The molecular weight excluding hydrogens is 218 g/mol. The summed E-state index contributed by atoms with van der Waals surface area (Å²) in [7, 11) is 0. The molecule has 1 N–H and O–H groups in total. The summed E-state index contributed by atoms with van der Waals surface area (Å²) >= 11 is 0. The molecule has 5 heteroatoms. The van der Waals surface area contributed by atoms with Crippen LogP contribution in [0.4, 0.5) is 11.5 Å². The van der Waals surface area contributed by atoms with Crippen LogP contribution in [0.25, 0.3) is 0 Å². The molecule has 0 aliphatic rings. The van der Waals surface area contributed by atoms with Crippen molar-refractivity contribution in [2.45, 2.75) is 40.2 Å². The molecule has 0 amide bonds. The second kappa shape index (κ2) is 5.61. The largest absolute Gasteiger partial charge is 0.367 e. The Morgan fingerprint density at radius 1 is 1.47 bits per heavy atom. The van der Waals surface area contributed by atoms with Crippen molar-refractivity contribution >= 4 is 11.5 Å². The van der Waals surface area contributed by atoms with E-state index in [4.69, 9.17) is 0 Å². The Hall–Kier alpha value is -1.65. The smallest absolute Gasteiger partial charge is 0.277 e. The van der Waals surface area contributed by atoms with Crippen LogP contribution in [0.3, 0.4) is 0 Å². The molecule has 0 saturated heterocycles. The maximum absolute atomic E-state index is 10.8. The summed E-state index contributed by atoms with van der Waals surface area (Å²) in [4.78, 5) is 14.6. The van der Waals surface area contributed by atoms with Crippen LogP contribution in [0.5, 0.6) is 0 Å². The molecule has 94 valence electrons. The molecule has 0 bridgehead atoms. The van der Waals surface area contributed by atoms with Crippen LogP contribution in [0.1, 0.15) is 32.8 Å². The lowest BCUT2D eigenvalue weighted by atomic mass is 10.1. The maximum atomic E-state index is 10.8. The predicted octanol–water partition coefficient (Wildman–Crippen LogP) is 3.14. The van der Waals surface area contributed by atoms with Crippen LogP contribution in [0.2, 0.25) is 0 Å². The summed E-state index contributed by atoms with van der Waals surface area (Å²) in [5.74, 6) is 1.15. The van der Waals surface area contributed by atoms with E-state index in [1.165, 1.54) is 12.3 Å². The molecule has 0 spiro atoms. The van der Waals surface area contributed by atoms with Crippen molar-refractivity contribution in [3.8, 4) is 0 Å². The summed E-state index contributed by atoms with van der Waals surface area (Å²) in [6.45, 7) is 8.02. The normalized spacial score (nSPS) is 12.5. The molecule has 0 radical (unpaired) electrons. The number of rotatable bonds is 5.